The zero-order valence-electron chi connectivity index (χ0n) is 17.8. The summed E-state index contributed by atoms with van der Waals surface area (Å²) >= 11 is 0. The average Bonchev–Trinajstić information content (AvgIpc) is 3.04. The number of amides is 2. The summed E-state index contributed by atoms with van der Waals surface area (Å²) in [6.45, 7) is 6.45. The third kappa shape index (κ3) is 4.75. The summed E-state index contributed by atoms with van der Waals surface area (Å²) in [5.74, 6) is 2.03. The monoisotopic (exact) mass is 402 g/mol. The van der Waals surface area contributed by atoms with Gasteiger partial charge in [-0.1, -0.05) is 0 Å². The van der Waals surface area contributed by atoms with Crippen molar-refractivity contribution in [3.63, 3.8) is 0 Å². The second-order valence-electron chi connectivity index (χ2n) is 7.38. The van der Waals surface area contributed by atoms with Crippen LogP contribution in [0.2, 0.25) is 0 Å². The van der Waals surface area contributed by atoms with E-state index in [9.17, 15) is 4.79 Å². The van der Waals surface area contributed by atoms with Crippen LogP contribution in [0.4, 0.5) is 10.5 Å². The van der Waals surface area contributed by atoms with Crippen LogP contribution < -0.4 is 19.5 Å². The van der Waals surface area contributed by atoms with Gasteiger partial charge in [0.2, 0.25) is 5.75 Å². The van der Waals surface area contributed by atoms with Crippen LogP contribution in [-0.4, -0.2) is 55.1 Å². The van der Waals surface area contributed by atoms with Gasteiger partial charge in [-0.15, -0.1) is 0 Å². The van der Waals surface area contributed by atoms with Crippen LogP contribution in [0.15, 0.2) is 18.2 Å². The summed E-state index contributed by atoms with van der Waals surface area (Å²) < 4.78 is 18.1. The van der Waals surface area contributed by atoms with Crippen molar-refractivity contribution in [2.24, 2.45) is 5.92 Å². The molecule has 0 atom stereocenters. The number of carbonyl (C=O) groups excluding carboxylic acids is 1. The molecule has 0 unspecified atom stereocenters. The van der Waals surface area contributed by atoms with Crippen molar-refractivity contribution in [1.29, 1.82) is 0 Å². The molecule has 0 radical (unpaired) electrons. The number of hydrogen-bond acceptors (Lipinski definition) is 5. The highest BCUT2D eigenvalue weighted by Gasteiger charge is 2.24. The van der Waals surface area contributed by atoms with E-state index in [1.54, 1.807) is 33.5 Å². The fourth-order valence-electron chi connectivity index (χ4n) is 3.78. The molecule has 2 heterocycles. The summed E-state index contributed by atoms with van der Waals surface area (Å²) in [5, 5.41) is 7.49. The second-order valence-corrected chi connectivity index (χ2v) is 7.38. The second kappa shape index (κ2) is 9.07. The van der Waals surface area contributed by atoms with Crippen molar-refractivity contribution in [1.82, 2.24) is 14.7 Å². The van der Waals surface area contributed by atoms with Gasteiger partial charge in [0.05, 0.1) is 32.7 Å². The smallest absolute Gasteiger partial charge is 0.321 e. The maximum Gasteiger partial charge on any atom is 0.321 e. The van der Waals surface area contributed by atoms with E-state index >= 15 is 0 Å². The Balaban J connectivity index is 1.59. The predicted molar refractivity (Wildman–Crippen MR) is 111 cm³/mol. The van der Waals surface area contributed by atoms with Crippen LogP contribution in [0.3, 0.4) is 0 Å². The van der Waals surface area contributed by atoms with Gasteiger partial charge in [0.25, 0.3) is 0 Å². The molecule has 1 N–H and O–H groups in total. The Hall–Kier alpha value is -2.90. The highest BCUT2D eigenvalue weighted by Crippen LogP contribution is 2.40. The number of aromatic nitrogens is 2. The molecule has 0 bridgehead atoms. The standard InChI is InChI=1S/C21H30N4O4/c1-14-10-15(2)25(23-14)13-16-6-8-24(9-7-16)21(26)22-17-11-18(27-3)20(29-5)19(12-17)28-4/h10-12,16H,6-9,13H2,1-5H3,(H,22,26). The first kappa shape index (κ1) is 20.8. The van der Waals surface area contributed by atoms with Crippen LogP contribution in [0.1, 0.15) is 24.2 Å². The maximum atomic E-state index is 12.7. The first-order valence-electron chi connectivity index (χ1n) is 9.82. The van der Waals surface area contributed by atoms with Gasteiger partial charge in [-0.05, 0) is 38.7 Å². The summed E-state index contributed by atoms with van der Waals surface area (Å²) in [7, 11) is 4.65. The van der Waals surface area contributed by atoms with Gasteiger partial charge in [-0.2, -0.15) is 5.10 Å². The number of hydrogen-bond donors (Lipinski definition) is 1. The highest BCUT2D eigenvalue weighted by atomic mass is 16.5. The lowest BCUT2D eigenvalue weighted by Crippen LogP contribution is -2.41. The quantitative estimate of drug-likeness (QED) is 0.801. The van der Waals surface area contributed by atoms with Crippen molar-refractivity contribution in [2.45, 2.75) is 33.2 Å². The summed E-state index contributed by atoms with van der Waals surface area (Å²) in [5.41, 5.74) is 2.84. The van der Waals surface area contributed by atoms with Gasteiger partial charge in [0, 0.05) is 37.5 Å². The number of methoxy groups -OCH3 is 3. The van der Waals surface area contributed by atoms with Crippen molar-refractivity contribution in [3.05, 3.63) is 29.6 Å². The fraction of sp³-hybridized carbons (Fsp3) is 0.524. The van der Waals surface area contributed by atoms with E-state index in [1.165, 1.54) is 5.69 Å². The van der Waals surface area contributed by atoms with Crippen LogP contribution in [-0.2, 0) is 6.54 Å². The van der Waals surface area contributed by atoms with Crippen molar-refractivity contribution in [3.8, 4) is 17.2 Å². The van der Waals surface area contributed by atoms with E-state index in [-0.39, 0.29) is 6.03 Å². The van der Waals surface area contributed by atoms with Crippen molar-refractivity contribution < 1.29 is 19.0 Å². The summed E-state index contributed by atoms with van der Waals surface area (Å²) in [4.78, 5) is 14.6. The largest absolute Gasteiger partial charge is 0.493 e. The number of ether oxygens (including phenoxy) is 3. The molecule has 158 valence electrons. The Kier molecular flexibility index (Phi) is 6.51. The molecule has 8 nitrogen and oxygen atoms in total. The number of likely N-dealkylation sites (tertiary alicyclic amines) is 1. The SMILES string of the molecule is COc1cc(NC(=O)N2CCC(Cn3nc(C)cc3C)CC2)cc(OC)c1OC. The molecule has 2 aromatic rings. The Morgan fingerprint density at radius 2 is 1.69 bits per heavy atom. The minimum absolute atomic E-state index is 0.121. The lowest BCUT2D eigenvalue weighted by Gasteiger charge is -2.32. The van der Waals surface area contributed by atoms with E-state index in [0.29, 0.717) is 28.9 Å². The number of rotatable bonds is 6. The van der Waals surface area contributed by atoms with Gasteiger partial charge in [0.1, 0.15) is 0 Å². The van der Waals surface area contributed by atoms with E-state index in [1.807, 2.05) is 11.8 Å². The van der Waals surface area contributed by atoms with Crippen LogP contribution >= 0.6 is 0 Å². The summed E-state index contributed by atoms with van der Waals surface area (Å²) in [6.07, 6.45) is 1.92. The van der Waals surface area contributed by atoms with Crippen molar-refractivity contribution in [2.75, 3.05) is 39.7 Å². The van der Waals surface area contributed by atoms with Crippen LogP contribution in [0.25, 0.3) is 0 Å². The van der Waals surface area contributed by atoms with E-state index < -0.39 is 0 Å². The molecule has 29 heavy (non-hydrogen) atoms. The first-order chi connectivity index (χ1) is 13.9. The Morgan fingerprint density at radius 3 is 2.17 bits per heavy atom. The van der Waals surface area contributed by atoms with Gasteiger partial charge in [-0.3, -0.25) is 4.68 Å². The number of nitrogens with one attached hydrogen (secondary N) is 1. The lowest BCUT2D eigenvalue weighted by atomic mass is 9.97. The molecule has 1 fully saturated rings. The Bertz CT molecular complexity index is 831. The average molecular weight is 402 g/mol. The molecule has 1 saturated heterocycles. The Morgan fingerprint density at radius 1 is 1.07 bits per heavy atom. The molecule has 0 spiro atoms. The number of nitrogens with zero attached hydrogens (tertiary/aromatic N) is 3. The van der Waals surface area contributed by atoms with Gasteiger partial charge in [-0.25, -0.2) is 4.79 Å². The number of piperidine rings is 1. The number of aryl methyl sites for hydroxylation is 2. The lowest BCUT2D eigenvalue weighted by molar-refractivity contribution is 0.175. The van der Waals surface area contributed by atoms with Crippen molar-refractivity contribution >= 4 is 11.7 Å². The Labute approximate surface area is 171 Å². The zero-order chi connectivity index (χ0) is 21.0. The number of anilines is 1. The maximum absolute atomic E-state index is 12.7. The molecular formula is C21H30N4O4. The van der Waals surface area contributed by atoms with Gasteiger partial charge < -0.3 is 24.4 Å². The number of urea groups is 1. The third-order valence-corrected chi connectivity index (χ3v) is 5.35. The minimum Gasteiger partial charge on any atom is -0.493 e. The predicted octanol–water partition coefficient (Wildman–Crippen LogP) is 3.47. The molecule has 2 amide bonds. The van der Waals surface area contributed by atoms with Crippen LogP contribution in [0, 0.1) is 19.8 Å². The molecule has 1 aliphatic rings. The minimum atomic E-state index is -0.121. The fourth-order valence-corrected chi connectivity index (χ4v) is 3.78. The molecule has 1 aromatic heterocycles. The molecule has 1 aromatic carbocycles. The number of benzene rings is 1. The summed E-state index contributed by atoms with van der Waals surface area (Å²) in [6, 6.07) is 5.44. The van der Waals surface area contributed by atoms with Gasteiger partial charge >= 0.3 is 6.03 Å². The molecule has 0 saturated carbocycles. The van der Waals surface area contributed by atoms with E-state index in [2.05, 4.69) is 28.1 Å². The number of carbonyl (C=O) groups is 1. The topological polar surface area (TPSA) is 77.9 Å². The molecular weight excluding hydrogens is 372 g/mol. The van der Waals surface area contributed by atoms with E-state index in [0.717, 1.165) is 38.2 Å². The normalized spacial score (nSPS) is 14.6. The van der Waals surface area contributed by atoms with Crippen LogP contribution in [0.5, 0.6) is 17.2 Å². The van der Waals surface area contributed by atoms with E-state index in [4.69, 9.17) is 14.2 Å². The molecule has 3 rings (SSSR count). The third-order valence-electron chi connectivity index (χ3n) is 5.35. The molecule has 0 aliphatic carbocycles. The zero-order valence-corrected chi connectivity index (χ0v) is 17.8. The molecule has 1 aliphatic heterocycles. The highest BCUT2D eigenvalue weighted by molar-refractivity contribution is 5.90. The van der Waals surface area contributed by atoms with Gasteiger partial charge in [0.15, 0.2) is 11.5 Å². The first-order valence-corrected chi connectivity index (χ1v) is 9.82. The molecule has 8 heteroatoms.